The molecule has 0 bridgehead atoms. The van der Waals surface area contributed by atoms with Crippen LogP contribution in [0.4, 0.5) is 13.2 Å². The van der Waals surface area contributed by atoms with Gasteiger partial charge in [-0.1, -0.05) is 17.7 Å². The summed E-state index contributed by atoms with van der Waals surface area (Å²) in [4.78, 5) is 0. The molecule has 1 rings (SSSR count). The van der Waals surface area contributed by atoms with Crippen molar-refractivity contribution in [3.63, 3.8) is 0 Å². The monoisotopic (exact) mass is 267 g/mol. The Morgan fingerprint density at radius 1 is 1.41 bits per heavy atom. The van der Waals surface area contributed by atoms with Crippen molar-refractivity contribution < 1.29 is 17.9 Å². The fourth-order valence-electron chi connectivity index (χ4n) is 1.39. The van der Waals surface area contributed by atoms with Gasteiger partial charge in [0.25, 0.3) is 0 Å². The first-order valence-corrected chi connectivity index (χ1v) is 5.37. The lowest BCUT2D eigenvalue weighted by atomic mass is 10.0. The molecule has 0 aliphatic heterocycles. The first-order valence-electron chi connectivity index (χ1n) is 4.99. The van der Waals surface area contributed by atoms with Gasteiger partial charge in [0.1, 0.15) is 5.75 Å². The van der Waals surface area contributed by atoms with Crippen molar-refractivity contribution in [3.05, 3.63) is 28.8 Å². The maximum Gasteiger partial charge on any atom is 0.389 e. The molecule has 0 aromatic heterocycles. The molecule has 1 aromatic rings. The predicted molar refractivity (Wildman–Crippen MR) is 60.2 cm³/mol. The van der Waals surface area contributed by atoms with Crippen molar-refractivity contribution in [1.82, 2.24) is 0 Å². The van der Waals surface area contributed by atoms with E-state index in [1.807, 2.05) is 0 Å². The number of halogens is 4. The molecule has 0 radical (unpaired) electrons. The van der Waals surface area contributed by atoms with Crippen molar-refractivity contribution in [1.29, 1.82) is 0 Å². The number of hydrogen-bond donors (Lipinski definition) is 1. The van der Waals surface area contributed by atoms with Crippen molar-refractivity contribution >= 4 is 11.6 Å². The lowest BCUT2D eigenvalue weighted by molar-refractivity contribution is -0.136. The van der Waals surface area contributed by atoms with Crippen LogP contribution in [0.5, 0.6) is 5.75 Å². The molecule has 96 valence electrons. The van der Waals surface area contributed by atoms with Gasteiger partial charge in [-0.05, 0) is 24.1 Å². The first-order chi connectivity index (χ1) is 7.83. The molecule has 1 atom stereocenters. The quantitative estimate of drug-likeness (QED) is 0.903. The van der Waals surface area contributed by atoms with Gasteiger partial charge in [-0.25, -0.2) is 0 Å². The highest BCUT2D eigenvalue weighted by Crippen LogP contribution is 2.30. The second kappa shape index (κ2) is 5.60. The van der Waals surface area contributed by atoms with E-state index in [9.17, 15) is 13.2 Å². The SMILES string of the molecule is COc1cc([C@@H](N)CCC(F)(F)F)ccc1Cl. The number of nitrogens with two attached hydrogens (primary N) is 1. The minimum absolute atomic E-state index is 0.158. The van der Waals surface area contributed by atoms with Crippen molar-refractivity contribution in [2.75, 3.05) is 7.11 Å². The molecule has 0 heterocycles. The van der Waals surface area contributed by atoms with E-state index in [1.54, 1.807) is 18.2 Å². The molecular weight excluding hydrogens is 255 g/mol. The van der Waals surface area contributed by atoms with E-state index in [0.29, 0.717) is 16.3 Å². The first kappa shape index (κ1) is 14.1. The Hall–Kier alpha value is -0.940. The van der Waals surface area contributed by atoms with Crippen LogP contribution in [-0.4, -0.2) is 13.3 Å². The maximum absolute atomic E-state index is 12.0. The van der Waals surface area contributed by atoms with Gasteiger partial charge in [0.15, 0.2) is 0 Å². The number of methoxy groups -OCH3 is 1. The third kappa shape index (κ3) is 4.44. The van der Waals surface area contributed by atoms with Gasteiger partial charge in [-0.3, -0.25) is 0 Å². The summed E-state index contributed by atoms with van der Waals surface area (Å²) in [5.41, 5.74) is 6.26. The van der Waals surface area contributed by atoms with Crippen LogP contribution >= 0.6 is 11.6 Å². The average Bonchev–Trinajstić information content (AvgIpc) is 2.25. The molecular formula is C11H13ClF3NO. The Morgan fingerprint density at radius 2 is 2.06 bits per heavy atom. The van der Waals surface area contributed by atoms with Crippen LogP contribution in [0.15, 0.2) is 18.2 Å². The van der Waals surface area contributed by atoms with Crippen molar-refractivity contribution in [2.24, 2.45) is 5.73 Å². The molecule has 0 amide bonds. The van der Waals surface area contributed by atoms with Crippen LogP contribution in [0.3, 0.4) is 0 Å². The Kier molecular flexibility index (Phi) is 4.65. The smallest absolute Gasteiger partial charge is 0.389 e. The Balaban J connectivity index is 2.72. The molecule has 0 saturated carbocycles. The Labute approximate surface area is 103 Å². The highest BCUT2D eigenvalue weighted by molar-refractivity contribution is 6.32. The maximum atomic E-state index is 12.0. The fourth-order valence-corrected chi connectivity index (χ4v) is 1.59. The summed E-state index contributed by atoms with van der Waals surface area (Å²) in [6.45, 7) is 0. The molecule has 0 spiro atoms. The zero-order valence-corrected chi connectivity index (χ0v) is 9.98. The van der Waals surface area contributed by atoms with Gasteiger partial charge in [-0.15, -0.1) is 0 Å². The second-order valence-corrected chi connectivity index (χ2v) is 4.06. The summed E-state index contributed by atoms with van der Waals surface area (Å²) in [7, 11) is 1.44. The highest BCUT2D eigenvalue weighted by atomic mass is 35.5. The number of ether oxygens (including phenoxy) is 1. The summed E-state index contributed by atoms with van der Waals surface area (Å²) in [6.07, 6.45) is -5.25. The summed E-state index contributed by atoms with van der Waals surface area (Å²) < 4.78 is 41.1. The number of benzene rings is 1. The van der Waals surface area contributed by atoms with Crippen LogP contribution in [0, 0.1) is 0 Å². The molecule has 6 heteroatoms. The Bertz CT molecular complexity index is 381. The van der Waals surface area contributed by atoms with E-state index in [4.69, 9.17) is 22.1 Å². The van der Waals surface area contributed by atoms with Gasteiger partial charge in [-0.2, -0.15) is 13.2 Å². The molecule has 0 aliphatic carbocycles. The molecule has 0 saturated heterocycles. The van der Waals surface area contributed by atoms with Gasteiger partial charge in [0, 0.05) is 12.5 Å². The molecule has 1 aromatic carbocycles. The van der Waals surface area contributed by atoms with E-state index in [1.165, 1.54) is 7.11 Å². The van der Waals surface area contributed by atoms with Gasteiger partial charge in [0.05, 0.1) is 12.1 Å². The number of rotatable bonds is 4. The molecule has 17 heavy (non-hydrogen) atoms. The summed E-state index contributed by atoms with van der Waals surface area (Å²) in [6, 6.07) is 4.04. The zero-order valence-electron chi connectivity index (χ0n) is 9.22. The average molecular weight is 268 g/mol. The molecule has 2 nitrogen and oxygen atoms in total. The minimum Gasteiger partial charge on any atom is -0.495 e. The van der Waals surface area contributed by atoms with E-state index in [-0.39, 0.29) is 6.42 Å². The molecule has 0 unspecified atom stereocenters. The summed E-state index contributed by atoms with van der Waals surface area (Å²) in [5.74, 6) is 0.409. The lowest BCUT2D eigenvalue weighted by Crippen LogP contribution is -2.15. The third-order valence-corrected chi connectivity index (χ3v) is 2.65. The van der Waals surface area contributed by atoms with Gasteiger partial charge in [0.2, 0.25) is 0 Å². The lowest BCUT2D eigenvalue weighted by Gasteiger charge is -2.15. The van der Waals surface area contributed by atoms with Crippen LogP contribution < -0.4 is 10.5 Å². The van der Waals surface area contributed by atoms with E-state index in [2.05, 4.69) is 0 Å². The molecule has 0 aliphatic rings. The largest absolute Gasteiger partial charge is 0.495 e. The summed E-state index contributed by atoms with van der Waals surface area (Å²) >= 11 is 5.80. The standard InChI is InChI=1S/C11H13ClF3NO/c1-17-10-6-7(2-3-8(10)12)9(16)4-5-11(13,14)15/h2-3,6,9H,4-5,16H2,1H3/t9-/m0/s1. The second-order valence-electron chi connectivity index (χ2n) is 3.65. The van der Waals surface area contributed by atoms with Crippen LogP contribution in [-0.2, 0) is 0 Å². The normalized spacial score (nSPS) is 13.5. The van der Waals surface area contributed by atoms with E-state index < -0.39 is 18.6 Å². The van der Waals surface area contributed by atoms with Gasteiger partial charge >= 0.3 is 6.18 Å². The Morgan fingerprint density at radius 3 is 2.59 bits per heavy atom. The van der Waals surface area contributed by atoms with E-state index in [0.717, 1.165) is 0 Å². The molecule has 0 fully saturated rings. The highest BCUT2D eigenvalue weighted by Gasteiger charge is 2.27. The van der Waals surface area contributed by atoms with Crippen LogP contribution in [0.1, 0.15) is 24.4 Å². The fraction of sp³-hybridized carbons (Fsp3) is 0.455. The number of hydrogen-bond acceptors (Lipinski definition) is 2. The predicted octanol–water partition coefficient (Wildman–Crippen LogP) is 3.69. The zero-order chi connectivity index (χ0) is 13.1. The number of alkyl halides is 3. The van der Waals surface area contributed by atoms with Crippen molar-refractivity contribution in [3.8, 4) is 5.75 Å². The molecule has 2 N–H and O–H groups in total. The topological polar surface area (TPSA) is 35.2 Å². The minimum atomic E-state index is -4.19. The van der Waals surface area contributed by atoms with Crippen LogP contribution in [0.25, 0.3) is 0 Å². The summed E-state index contributed by atoms with van der Waals surface area (Å²) in [5, 5.41) is 0.402. The third-order valence-electron chi connectivity index (χ3n) is 2.34. The van der Waals surface area contributed by atoms with Gasteiger partial charge < -0.3 is 10.5 Å². The van der Waals surface area contributed by atoms with Crippen molar-refractivity contribution in [2.45, 2.75) is 25.1 Å². The van der Waals surface area contributed by atoms with E-state index >= 15 is 0 Å². The van der Waals surface area contributed by atoms with Crippen LogP contribution in [0.2, 0.25) is 5.02 Å².